The minimum Gasteiger partial charge on any atom is -0.497 e. The molecule has 5 rings (SSSR count). The zero-order chi connectivity index (χ0) is 24.3. The van der Waals surface area contributed by atoms with Crippen molar-refractivity contribution in [1.29, 1.82) is 0 Å². The van der Waals surface area contributed by atoms with Crippen LogP contribution in [0.4, 0.5) is 0 Å². The molecule has 2 heterocycles. The van der Waals surface area contributed by atoms with Gasteiger partial charge in [-0.05, 0) is 74.9 Å². The maximum Gasteiger partial charge on any atom is 0.229 e. The molecule has 1 N–H and O–H groups in total. The third-order valence-electron chi connectivity index (χ3n) is 8.15. The fraction of sp³-hybridized carbons (Fsp3) is 0.517. The number of hydrogen-bond donors (Lipinski definition) is 1. The Morgan fingerprint density at radius 2 is 1.69 bits per heavy atom. The third kappa shape index (κ3) is 6.04. The number of rotatable bonds is 9. The predicted molar refractivity (Wildman–Crippen MR) is 143 cm³/mol. The number of methoxy groups -OCH3 is 1. The number of ether oxygens (including phenoxy) is 1. The number of likely N-dealkylation sites (tertiary alicyclic amines) is 2. The van der Waals surface area contributed by atoms with Crippen LogP contribution in [-0.4, -0.2) is 54.9 Å². The van der Waals surface area contributed by atoms with Crippen LogP contribution in [0.1, 0.15) is 55.7 Å². The van der Waals surface area contributed by atoms with Crippen molar-refractivity contribution in [3.05, 3.63) is 65.7 Å². The molecule has 2 saturated heterocycles. The highest BCUT2D eigenvalue weighted by Gasteiger charge is 2.47. The minimum atomic E-state index is -0.192. The standard InChI is InChI=1S/C29H37N3O3.ClH/c1-35-25-11-7-22(8-12-25)21-32-20-16-29(28(32)34)14-18-31(19-15-29)17-13-26(23-5-3-2-4-6-23)30-27(33)24-9-10-24;/h2-8,11-12,24,26H,9-10,13-21H2,1H3,(H,30,33);1H/t26-;/m0./s1. The van der Waals surface area contributed by atoms with E-state index in [1.165, 1.54) is 5.56 Å². The van der Waals surface area contributed by atoms with Gasteiger partial charge in [0.1, 0.15) is 5.75 Å². The van der Waals surface area contributed by atoms with E-state index in [4.69, 9.17) is 4.74 Å². The average Bonchev–Trinajstić information content (AvgIpc) is 3.72. The van der Waals surface area contributed by atoms with Gasteiger partial charge in [-0.25, -0.2) is 0 Å². The van der Waals surface area contributed by atoms with Crippen molar-refractivity contribution in [1.82, 2.24) is 15.1 Å². The number of amides is 2. The molecule has 0 unspecified atom stereocenters. The van der Waals surface area contributed by atoms with E-state index in [1.54, 1.807) is 7.11 Å². The molecule has 1 spiro atoms. The molecule has 2 aliphatic heterocycles. The topological polar surface area (TPSA) is 61.9 Å². The zero-order valence-corrected chi connectivity index (χ0v) is 22.0. The van der Waals surface area contributed by atoms with Crippen molar-refractivity contribution < 1.29 is 14.3 Å². The predicted octanol–water partition coefficient (Wildman–Crippen LogP) is 4.59. The van der Waals surface area contributed by atoms with Gasteiger partial charge >= 0.3 is 0 Å². The van der Waals surface area contributed by atoms with Crippen LogP contribution in [0.3, 0.4) is 0 Å². The van der Waals surface area contributed by atoms with E-state index >= 15 is 0 Å². The summed E-state index contributed by atoms with van der Waals surface area (Å²) >= 11 is 0. The summed E-state index contributed by atoms with van der Waals surface area (Å²) in [4.78, 5) is 30.4. The number of carbonyl (C=O) groups is 2. The lowest BCUT2D eigenvalue weighted by Crippen LogP contribution is -2.45. The van der Waals surface area contributed by atoms with Gasteiger partial charge in [-0.15, -0.1) is 12.4 Å². The quantitative estimate of drug-likeness (QED) is 0.535. The second-order valence-corrected chi connectivity index (χ2v) is 10.5. The Morgan fingerprint density at radius 3 is 2.33 bits per heavy atom. The molecule has 0 aromatic heterocycles. The van der Waals surface area contributed by atoms with Gasteiger partial charge in [0.05, 0.1) is 18.6 Å². The Kier molecular flexibility index (Phi) is 8.58. The first-order chi connectivity index (χ1) is 17.1. The largest absolute Gasteiger partial charge is 0.497 e. The van der Waals surface area contributed by atoms with E-state index in [9.17, 15) is 9.59 Å². The van der Waals surface area contributed by atoms with Gasteiger partial charge in [0.25, 0.3) is 0 Å². The average molecular weight is 512 g/mol. The maximum absolute atomic E-state index is 13.4. The Hall–Kier alpha value is -2.57. The summed E-state index contributed by atoms with van der Waals surface area (Å²) in [6.07, 6.45) is 5.74. The van der Waals surface area contributed by atoms with Crippen molar-refractivity contribution in [2.75, 3.05) is 33.3 Å². The Balaban J connectivity index is 0.00000304. The summed E-state index contributed by atoms with van der Waals surface area (Å²) in [6, 6.07) is 18.4. The van der Waals surface area contributed by atoms with Crippen LogP contribution in [0, 0.1) is 11.3 Å². The van der Waals surface area contributed by atoms with Crippen molar-refractivity contribution in [3.63, 3.8) is 0 Å². The van der Waals surface area contributed by atoms with Gasteiger partial charge in [0, 0.05) is 25.6 Å². The second kappa shape index (κ2) is 11.7. The first-order valence-electron chi connectivity index (χ1n) is 13.1. The number of benzene rings is 2. The van der Waals surface area contributed by atoms with Crippen LogP contribution in [-0.2, 0) is 16.1 Å². The number of nitrogens with zero attached hydrogens (tertiary/aromatic N) is 2. The van der Waals surface area contributed by atoms with E-state index in [-0.39, 0.29) is 35.7 Å². The second-order valence-electron chi connectivity index (χ2n) is 10.5. The number of hydrogen-bond acceptors (Lipinski definition) is 4. The van der Waals surface area contributed by atoms with E-state index in [0.717, 1.165) is 76.0 Å². The molecule has 2 aromatic rings. The smallest absolute Gasteiger partial charge is 0.229 e. The van der Waals surface area contributed by atoms with Crippen LogP contribution in [0.15, 0.2) is 54.6 Å². The highest BCUT2D eigenvalue weighted by Crippen LogP contribution is 2.42. The van der Waals surface area contributed by atoms with Gasteiger partial charge in [-0.3, -0.25) is 9.59 Å². The molecular weight excluding hydrogens is 474 g/mol. The van der Waals surface area contributed by atoms with Crippen LogP contribution in [0.25, 0.3) is 0 Å². The summed E-state index contributed by atoms with van der Waals surface area (Å²) in [5.41, 5.74) is 2.13. The third-order valence-corrected chi connectivity index (χ3v) is 8.15. The molecule has 3 aliphatic rings. The molecule has 194 valence electrons. The highest BCUT2D eigenvalue weighted by atomic mass is 35.5. The Bertz CT molecular complexity index is 1020. The fourth-order valence-corrected chi connectivity index (χ4v) is 5.62. The monoisotopic (exact) mass is 511 g/mol. The molecule has 7 heteroatoms. The van der Waals surface area contributed by atoms with Gasteiger partial charge in [-0.1, -0.05) is 42.5 Å². The van der Waals surface area contributed by atoms with Crippen LogP contribution in [0.5, 0.6) is 5.75 Å². The molecule has 0 bridgehead atoms. The molecule has 1 saturated carbocycles. The molecule has 36 heavy (non-hydrogen) atoms. The summed E-state index contributed by atoms with van der Waals surface area (Å²) in [5, 5.41) is 3.29. The zero-order valence-electron chi connectivity index (χ0n) is 21.2. The first-order valence-corrected chi connectivity index (χ1v) is 13.1. The first kappa shape index (κ1) is 26.5. The minimum absolute atomic E-state index is 0. The molecule has 2 aromatic carbocycles. The van der Waals surface area contributed by atoms with Gasteiger partial charge in [-0.2, -0.15) is 0 Å². The van der Waals surface area contributed by atoms with E-state index < -0.39 is 0 Å². The SMILES string of the molecule is COc1ccc(CN2CCC3(CCN(CC[C@H](NC(=O)C4CC4)c4ccccc4)CC3)C2=O)cc1.Cl. The van der Waals surface area contributed by atoms with Crippen molar-refractivity contribution in [2.24, 2.45) is 11.3 Å². The molecular formula is C29H38ClN3O3. The van der Waals surface area contributed by atoms with E-state index in [2.05, 4.69) is 22.3 Å². The lowest BCUT2D eigenvalue weighted by atomic mass is 9.77. The van der Waals surface area contributed by atoms with Crippen LogP contribution < -0.4 is 10.1 Å². The molecule has 1 aliphatic carbocycles. The van der Waals surface area contributed by atoms with Gasteiger partial charge in [0.15, 0.2) is 0 Å². The molecule has 6 nitrogen and oxygen atoms in total. The Labute approximate surface area is 220 Å². The molecule has 3 fully saturated rings. The van der Waals surface area contributed by atoms with Gasteiger partial charge < -0.3 is 19.9 Å². The summed E-state index contributed by atoms with van der Waals surface area (Å²) in [5.74, 6) is 1.58. The lowest BCUT2D eigenvalue weighted by Gasteiger charge is -2.38. The Morgan fingerprint density at radius 1 is 1.03 bits per heavy atom. The van der Waals surface area contributed by atoms with Gasteiger partial charge in [0.2, 0.25) is 11.8 Å². The van der Waals surface area contributed by atoms with Crippen LogP contribution in [0.2, 0.25) is 0 Å². The molecule has 1 atom stereocenters. The fourth-order valence-electron chi connectivity index (χ4n) is 5.62. The lowest BCUT2D eigenvalue weighted by molar-refractivity contribution is -0.139. The van der Waals surface area contributed by atoms with Crippen molar-refractivity contribution >= 4 is 24.2 Å². The summed E-state index contributed by atoms with van der Waals surface area (Å²) < 4.78 is 5.25. The van der Waals surface area contributed by atoms with Crippen molar-refractivity contribution in [2.45, 2.75) is 51.1 Å². The van der Waals surface area contributed by atoms with E-state index in [1.807, 2.05) is 47.4 Å². The normalized spacial score (nSPS) is 20.1. The van der Waals surface area contributed by atoms with Crippen LogP contribution >= 0.6 is 12.4 Å². The number of carbonyl (C=O) groups excluding carboxylic acids is 2. The van der Waals surface area contributed by atoms with E-state index in [0.29, 0.717) is 12.5 Å². The van der Waals surface area contributed by atoms with Crippen molar-refractivity contribution in [3.8, 4) is 5.75 Å². The maximum atomic E-state index is 13.4. The number of piperidine rings is 1. The number of halogens is 1. The number of nitrogens with one attached hydrogen (secondary N) is 1. The molecule has 2 amide bonds. The molecule has 0 radical (unpaired) electrons. The summed E-state index contributed by atoms with van der Waals surface area (Å²) in [7, 11) is 1.67. The summed E-state index contributed by atoms with van der Waals surface area (Å²) in [6.45, 7) is 4.34. The highest BCUT2D eigenvalue weighted by molar-refractivity contribution is 5.85.